The summed E-state index contributed by atoms with van der Waals surface area (Å²) in [5, 5.41) is 15.8. The summed E-state index contributed by atoms with van der Waals surface area (Å²) in [7, 11) is 0. The number of aromatic nitrogens is 2. The minimum atomic E-state index is -2.59. The molecule has 13 heteroatoms. The second kappa shape index (κ2) is 9.73. The maximum absolute atomic E-state index is 14.8. The number of carbonyl (C=O) groups is 1. The summed E-state index contributed by atoms with van der Waals surface area (Å²) < 4.78 is 38.9. The van der Waals surface area contributed by atoms with E-state index < -0.39 is 30.9 Å². The molecule has 0 radical (unpaired) electrons. The average Bonchev–Trinajstić information content (AvgIpc) is 2.68. The van der Waals surface area contributed by atoms with E-state index in [1.165, 1.54) is 18.5 Å². The molecule has 0 aliphatic carbocycles. The van der Waals surface area contributed by atoms with Crippen LogP contribution in [0.25, 0.3) is 11.1 Å². The van der Waals surface area contributed by atoms with Gasteiger partial charge in [0.2, 0.25) is 5.95 Å². The van der Waals surface area contributed by atoms with Crippen molar-refractivity contribution in [2.24, 2.45) is 15.9 Å². The van der Waals surface area contributed by atoms with Crippen LogP contribution in [0.2, 0.25) is 0 Å². The lowest BCUT2D eigenvalue weighted by molar-refractivity contribution is -0.248. The van der Waals surface area contributed by atoms with Crippen LogP contribution in [0.4, 0.5) is 23.9 Å². The first-order chi connectivity index (χ1) is 14.8. The molecule has 1 aromatic heterocycles. The highest BCUT2D eigenvalue weighted by atomic mass is 19.3. The van der Waals surface area contributed by atoms with E-state index in [4.69, 9.17) is 5.73 Å². The molecule has 1 amide bonds. The van der Waals surface area contributed by atoms with Gasteiger partial charge in [-0.25, -0.2) is 28.1 Å². The number of amides is 1. The van der Waals surface area contributed by atoms with Crippen LogP contribution in [0.1, 0.15) is 5.56 Å². The molecular weight excluding hydrogens is 419 g/mol. The first kappa shape index (κ1) is 21.8. The highest BCUT2D eigenvalue weighted by molar-refractivity contribution is 5.98. The number of carbonyl (C=O) groups excluding carboxylic acids is 1. The zero-order chi connectivity index (χ0) is 22.4. The summed E-state index contributed by atoms with van der Waals surface area (Å²) in [5.74, 6) is -0.605. The van der Waals surface area contributed by atoms with Crippen molar-refractivity contribution in [3.63, 3.8) is 0 Å². The molecule has 31 heavy (non-hydrogen) atoms. The number of alkyl halides is 2. The Labute approximate surface area is 174 Å². The Bertz CT molecular complexity index is 991. The number of nitrogens with one attached hydrogen (secondary N) is 1. The van der Waals surface area contributed by atoms with Crippen molar-refractivity contribution in [1.29, 1.82) is 0 Å². The van der Waals surface area contributed by atoms with Gasteiger partial charge in [-0.2, -0.15) is 0 Å². The van der Waals surface area contributed by atoms with Crippen molar-refractivity contribution in [2.45, 2.75) is 13.0 Å². The molecule has 0 bridgehead atoms. The Kier molecular flexibility index (Phi) is 6.85. The van der Waals surface area contributed by atoms with E-state index >= 15 is 0 Å². The van der Waals surface area contributed by atoms with Gasteiger partial charge in [0.15, 0.2) is 12.6 Å². The van der Waals surface area contributed by atoms with E-state index in [2.05, 4.69) is 25.0 Å². The van der Waals surface area contributed by atoms with Crippen LogP contribution in [0.5, 0.6) is 0 Å². The fourth-order valence-corrected chi connectivity index (χ4v) is 2.64. The third-order valence-corrected chi connectivity index (χ3v) is 4.10. The number of halogens is 3. The molecule has 0 atom stereocenters. The van der Waals surface area contributed by atoms with Gasteiger partial charge in [-0.05, 0) is 0 Å². The summed E-state index contributed by atoms with van der Waals surface area (Å²) >= 11 is 0. The molecule has 1 aliphatic heterocycles. The average molecular weight is 436 g/mol. The van der Waals surface area contributed by atoms with Gasteiger partial charge in [-0.3, -0.25) is 0 Å². The number of hydrogen-bond acceptors (Lipinski definition) is 8. The van der Waals surface area contributed by atoms with Crippen LogP contribution in [-0.2, 0) is 11.4 Å². The molecular formula is C18H17F3N7O3-. The van der Waals surface area contributed by atoms with Crippen molar-refractivity contribution in [3.05, 3.63) is 42.0 Å². The Hall–Kier alpha value is -3.90. The minimum absolute atomic E-state index is 0.186. The first-order valence-corrected chi connectivity index (χ1v) is 8.92. The molecule has 3 N–H and O–H groups in total. The smallest absolute Gasteiger partial charge is 0.274 e. The van der Waals surface area contributed by atoms with Gasteiger partial charge in [0, 0.05) is 29.1 Å². The van der Waals surface area contributed by atoms with Crippen LogP contribution < -0.4 is 21.1 Å². The Morgan fingerprint density at radius 3 is 2.68 bits per heavy atom. The second-order valence-electron chi connectivity index (χ2n) is 6.36. The lowest BCUT2D eigenvalue weighted by atomic mass is 10.0. The molecule has 0 unspecified atom stereocenters. The summed E-state index contributed by atoms with van der Waals surface area (Å²) in [6, 6.07) is 4.64. The van der Waals surface area contributed by atoms with Gasteiger partial charge in [-0.1, -0.05) is 23.4 Å². The van der Waals surface area contributed by atoms with Crippen LogP contribution in [0, 0.1) is 5.82 Å². The number of benzene rings is 1. The number of hydrogen-bond donors (Lipinski definition) is 2. The van der Waals surface area contributed by atoms with Gasteiger partial charge in [-0.15, -0.1) is 0 Å². The van der Waals surface area contributed by atoms with Gasteiger partial charge in [0.1, 0.15) is 11.9 Å². The zero-order valence-electron chi connectivity index (χ0n) is 16.0. The fourth-order valence-electron chi connectivity index (χ4n) is 2.64. The van der Waals surface area contributed by atoms with Gasteiger partial charge < -0.3 is 30.7 Å². The number of guanidine groups is 1. The Balaban J connectivity index is 1.64. The van der Waals surface area contributed by atoms with E-state index in [0.717, 1.165) is 0 Å². The maximum Gasteiger partial charge on any atom is 0.274 e. The molecule has 164 valence electrons. The highest BCUT2D eigenvalue weighted by Crippen LogP contribution is 2.25. The third kappa shape index (κ3) is 5.81. The van der Waals surface area contributed by atoms with Crippen molar-refractivity contribution in [1.82, 2.24) is 15.3 Å². The Morgan fingerprint density at radius 2 is 2.03 bits per heavy atom. The van der Waals surface area contributed by atoms with Crippen molar-refractivity contribution in [2.75, 3.05) is 24.6 Å². The van der Waals surface area contributed by atoms with E-state index in [1.54, 1.807) is 22.3 Å². The number of rotatable bonds is 7. The number of nitrogens with zero attached hydrogens (tertiary/aromatic N) is 5. The Morgan fingerprint density at radius 1 is 1.32 bits per heavy atom. The maximum atomic E-state index is 14.8. The summed E-state index contributed by atoms with van der Waals surface area (Å²) in [5.41, 5.74) is 6.78. The molecule has 2 aromatic rings. The van der Waals surface area contributed by atoms with Crippen LogP contribution >= 0.6 is 0 Å². The van der Waals surface area contributed by atoms with E-state index in [1.807, 2.05) is 0 Å². The molecule has 0 saturated carbocycles. The topological polar surface area (TPSA) is 141 Å². The van der Waals surface area contributed by atoms with E-state index in [9.17, 15) is 23.1 Å². The molecule has 0 spiro atoms. The standard InChI is InChI=1S/C18H18F3N7O3/c19-14(20)9-31-27-12-7-28(8-12)17-24-5-11(6-25-17)13-3-1-2-10(15(13)21)4-23-16(22)26-18(29)30/h1-3,5-6,14H,4,7-9H2,(H,29,30)(H3,22,23,26)/p-1. The van der Waals surface area contributed by atoms with E-state index in [0.29, 0.717) is 30.3 Å². The number of anilines is 1. The van der Waals surface area contributed by atoms with Crippen LogP contribution in [-0.4, -0.2) is 53.9 Å². The van der Waals surface area contributed by atoms with Crippen LogP contribution in [0.3, 0.4) is 0 Å². The molecule has 1 fully saturated rings. The van der Waals surface area contributed by atoms with Gasteiger partial charge in [0.25, 0.3) is 6.43 Å². The summed E-state index contributed by atoms with van der Waals surface area (Å²) in [6.07, 6.45) is -1.31. The van der Waals surface area contributed by atoms with Crippen molar-refractivity contribution in [3.8, 4) is 11.1 Å². The predicted octanol–water partition coefficient (Wildman–Crippen LogP) is 0.488. The van der Waals surface area contributed by atoms with E-state index in [-0.39, 0.29) is 17.7 Å². The quantitative estimate of drug-likeness (QED) is 0.365. The number of carboxylic acid groups (broad SMARTS) is 1. The van der Waals surface area contributed by atoms with Gasteiger partial charge >= 0.3 is 0 Å². The largest absolute Gasteiger partial charge is 0.530 e. The number of nitrogens with two attached hydrogens (primary N) is 1. The zero-order valence-corrected chi connectivity index (χ0v) is 16.0. The molecule has 1 saturated heterocycles. The van der Waals surface area contributed by atoms with Crippen LogP contribution in [0.15, 0.2) is 40.7 Å². The second-order valence-corrected chi connectivity index (χ2v) is 6.36. The molecule has 10 nitrogen and oxygen atoms in total. The van der Waals surface area contributed by atoms with Crippen molar-refractivity contribution >= 4 is 23.7 Å². The molecule has 2 heterocycles. The summed E-state index contributed by atoms with van der Waals surface area (Å²) in [4.78, 5) is 28.8. The van der Waals surface area contributed by atoms with Crippen molar-refractivity contribution < 1.29 is 27.9 Å². The molecule has 1 aromatic carbocycles. The fraction of sp³-hybridized carbons (Fsp3) is 0.278. The van der Waals surface area contributed by atoms with Gasteiger partial charge in [0.05, 0.1) is 25.3 Å². The third-order valence-electron chi connectivity index (χ3n) is 4.10. The number of oxime groups is 1. The minimum Gasteiger partial charge on any atom is -0.530 e. The lowest BCUT2D eigenvalue weighted by Crippen LogP contribution is -2.48. The summed E-state index contributed by atoms with van der Waals surface area (Å²) in [6.45, 7) is -0.268. The predicted molar refractivity (Wildman–Crippen MR) is 103 cm³/mol. The highest BCUT2D eigenvalue weighted by Gasteiger charge is 2.25. The normalized spacial score (nSPS) is 13.7. The lowest BCUT2D eigenvalue weighted by Gasteiger charge is -2.31. The SMILES string of the molecule is NC(=NCc1cccc(-c2cnc(N3CC(=NOCC(F)F)C3)nc2)c1F)NC(=O)[O-]. The first-order valence-electron chi connectivity index (χ1n) is 8.92. The molecule has 3 rings (SSSR count). The molecule has 1 aliphatic rings. The monoisotopic (exact) mass is 436 g/mol. The number of aliphatic imine (C=N–C) groups is 1.